The van der Waals surface area contributed by atoms with E-state index in [1.807, 2.05) is 46.7 Å². The summed E-state index contributed by atoms with van der Waals surface area (Å²) in [5.74, 6) is 0.855. The van der Waals surface area contributed by atoms with E-state index in [4.69, 9.17) is 0 Å². The van der Waals surface area contributed by atoms with Crippen LogP contribution in [0.15, 0.2) is 53.9 Å². The van der Waals surface area contributed by atoms with Crippen LogP contribution in [0.5, 0.6) is 0 Å². The van der Waals surface area contributed by atoms with Crippen molar-refractivity contribution in [3.8, 4) is 10.6 Å². The second-order valence-corrected chi connectivity index (χ2v) is 9.43. The van der Waals surface area contributed by atoms with E-state index in [0.717, 1.165) is 35.2 Å². The number of urea groups is 1. The molecule has 2 aromatic heterocycles. The molecule has 30 heavy (non-hydrogen) atoms. The van der Waals surface area contributed by atoms with Crippen molar-refractivity contribution in [2.24, 2.45) is 0 Å². The molecule has 3 heterocycles. The molecule has 0 unspecified atom stereocenters. The van der Waals surface area contributed by atoms with Gasteiger partial charge in [0.2, 0.25) is 0 Å². The number of rotatable bonds is 3. The summed E-state index contributed by atoms with van der Waals surface area (Å²) in [5.41, 5.74) is 3.07. The quantitative estimate of drug-likeness (QED) is 0.656. The molecule has 1 aromatic carbocycles. The van der Waals surface area contributed by atoms with Gasteiger partial charge >= 0.3 is 6.03 Å². The zero-order chi connectivity index (χ0) is 21.1. The number of aromatic nitrogens is 2. The minimum atomic E-state index is -0.0581. The summed E-state index contributed by atoms with van der Waals surface area (Å²) in [5, 5.41) is 13.8. The molecule has 0 radical (unpaired) electrons. The van der Waals surface area contributed by atoms with Gasteiger partial charge in [0.05, 0.1) is 4.88 Å². The van der Waals surface area contributed by atoms with Crippen LogP contribution in [0.2, 0.25) is 0 Å². The summed E-state index contributed by atoms with van der Waals surface area (Å²) < 4.78 is 0. The van der Waals surface area contributed by atoms with E-state index >= 15 is 0 Å². The molecule has 0 atom stereocenters. The molecule has 2 amide bonds. The zero-order valence-corrected chi connectivity index (χ0v) is 18.4. The SMILES string of the molecule is CC(C)(C)c1ccc(NC(=O)N2CCN(c3ccc(-c4cccs4)nn3)CC2)cc1. The summed E-state index contributed by atoms with van der Waals surface area (Å²) in [7, 11) is 0. The number of nitrogens with zero attached hydrogens (tertiary/aromatic N) is 4. The van der Waals surface area contributed by atoms with Gasteiger partial charge in [0.15, 0.2) is 5.82 Å². The van der Waals surface area contributed by atoms with Gasteiger partial charge < -0.3 is 15.1 Å². The lowest BCUT2D eigenvalue weighted by molar-refractivity contribution is 0.208. The van der Waals surface area contributed by atoms with Gasteiger partial charge in [0.25, 0.3) is 0 Å². The second kappa shape index (κ2) is 8.44. The van der Waals surface area contributed by atoms with Crippen molar-refractivity contribution in [1.29, 1.82) is 0 Å². The van der Waals surface area contributed by atoms with Crippen LogP contribution < -0.4 is 10.2 Å². The molecule has 1 fully saturated rings. The molecule has 6 nitrogen and oxygen atoms in total. The molecule has 0 saturated carbocycles. The van der Waals surface area contributed by atoms with E-state index in [9.17, 15) is 4.79 Å². The van der Waals surface area contributed by atoms with E-state index in [0.29, 0.717) is 13.1 Å². The minimum absolute atomic E-state index is 0.0581. The fourth-order valence-electron chi connectivity index (χ4n) is 3.44. The van der Waals surface area contributed by atoms with Crippen molar-refractivity contribution >= 4 is 28.9 Å². The number of carbonyl (C=O) groups is 1. The maximum Gasteiger partial charge on any atom is 0.321 e. The van der Waals surface area contributed by atoms with E-state index in [-0.39, 0.29) is 11.4 Å². The highest BCUT2D eigenvalue weighted by Crippen LogP contribution is 2.25. The first-order valence-electron chi connectivity index (χ1n) is 10.2. The van der Waals surface area contributed by atoms with Gasteiger partial charge in [-0.3, -0.25) is 0 Å². The average molecular weight is 422 g/mol. The third-order valence-electron chi connectivity index (χ3n) is 5.32. The third kappa shape index (κ3) is 4.62. The zero-order valence-electron chi connectivity index (χ0n) is 17.6. The lowest BCUT2D eigenvalue weighted by Gasteiger charge is -2.35. The number of carbonyl (C=O) groups excluding carboxylic acids is 1. The molecule has 0 aliphatic carbocycles. The largest absolute Gasteiger partial charge is 0.352 e. The minimum Gasteiger partial charge on any atom is -0.352 e. The Morgan fingerprint density at radius 3 is 2.27 bits per heavy atom. The summed E-state index contributed by atoms with van der Waals surface area (Å²) >= 11 is 1.66. The Morgan fingerprint density at radius 2 is 1.70 bits per heavy atom. The Morgan fingerprint density at radius 1 is 0.967 bits per heavy atom. The number of benzene rings is 1. The van der Waals surface area contributed by atoms with Gasteiger partial charge in [-0.25, -0.2) is 4.79 Å². The number of piperazine rings is 1. The van der Waals surface area contributed by atoms with Crippen molar-refractivity contribution in [2.45, 2.75) is 26.2 Å². The Kier molecular flexibility index (Phi) is 5.72. The summed E-state index contributed by atoms with van der Waals surface area (Å²) in [6.45, 7) is 9.33. The highest BCUT2D eigenvalue weighted by molar-refractivity contribution is 7.13. The number of amides is 2. The van der Waals surface area contributed by atoms with Crippen molar-refractivity contribution in [2.75, 3.05) is 36.4 Å². The predicted octanol–water partition coefficient (Wildman–Crippen LogP) is 4.86. The maximum absolute atomic E-state index is 12.6. The Hall–Kier alpha value is -2.93. The lowest BCUT2D eigenvalue weighted by atomic mass is 9.87. The van der Waals surface area contributed by atoms with Crippen LogP contribution in [0.3, 0.4) is 0 Å². The summed E-state index contributed by atoms with van der Waals surface area (Å²) in [6, 6.07) is 16.1. The molecule has 1 saturated heterocycles. The van der Waals surface area contributed by atoms with Crippen LogP contribution in [0, 0.1) is 0 Å². The van der Waals surface area contributed by atoms with Gasteiger partial charge in [0, 0.05) is 31.9 Å². The average Bonchev–Trinajstić information content (AvgIpc) is 3.29. The lowest BCUT2D eigenvalue weighted by Crippen LogP contribution is -2.50. The Bertz CT molecular complexity index is 970. The normalized spacial score (nSPS) is 14.6. The number of anilines is 2. The molecule has 1 aliphatic rings. The number of thiophene rings is 1. The molecule has 0 bridgehead atoms. The predicted molar refractivity (Wildman–Crippen MR) is 123 cm³/mol. The first-order chi connectivity index (χ1) is 14.4. The standard InChI is InChI=1S/C23H27N5OS/c1-23(2,3)17-6-8-18(9-7-17)24-22(29)28-14-12-27(13-15-28)21-11-10-19(25-26-21)20-5-4-16-30-20/h4-11,16H,12-15H2,1-3H3,(H,24,29). The molecule has 1 N–H and O–H groups in total. The van der Waals surface area contributed by atoms with Crippen molar-refractivity contribution in [1.82, 2.24) is 15.1 Å². The first-order valence-corrected chi connectivity index (χ1v) is 11.1. The monoisotopic (exact) mass is 421 g/mol. The summed E-state index contributed by atoms with van der Waals surface area (Å²) in [4.78, 5) is 17.8. The van der Waals surface area contributed by atoms with Crippen LogP contribution in [0.1, 0.15) is 26.3 Å². The van der Waals surface area contributed by atoms with Crippen molar-refractivity contribution in [3.05, 3.63) is 59.5 Å². The molecule has 1 aliphatic heterocycles. The molecule has 156 valence electrons. The number of hydrogen-bond acceptors (Lipinski definition) is 5. The van der Waals surface area contributed by atoms with E-state index in [1.165, 1.54) is 5.56 Å². The van der Waals surface area contributed by atoms with Crippen LogP contribution in [0.4, 0.5) is 16.3 Å². The van der Waals surface area contributed by atoms with E-state index in [2.05, 4.69) is 53.3 Å². The number of hydrogen-bond donors (Lipinski definition) is 1. The van der Waals surface area contributed by atoms with Crippen LogP contribution >= 0.6 is 11.3 Å². The first kappa shape index (κ1) is 20.3. The smallest absolute Gasteiger partial charge is 0.321 e. The van der Waals surface area contributed by atoms with Gasteiger partial charge in [-0.15, -0.1) is 21.5 Å². The second-order valence-electron chi connectivity index (χ2n) is 8.49. The number of nitrogens with one attached hydrogen (secondary N) is 1. The molecular formula is C23H27N5OS. The molecule has 7 heteroatoms. The van der Waals surface area contributed by atoms with Crippen LogP contribution in [-0.4, -0.2) is 47.3 Å². The van der Waals surface area contributed by atoms with Gasteiger partial charge in [0.1, 0.15) is 5.69 Å². The highest BCUT2D eigenvalue weighted by Gasteiger charge is 2.22. The Labute approximate surface area is 181 Å². The Balaban J connectivity index is 1.31. The maximum atomic E-state index is 12.6. The molecule has 3 aromatic rings. The van der Waals surface area contributed by atoms with Crippen LogP contribution in [-0.2, 0) is 5.41 Å². The fourth-order valence-corrected chi connectivity index (χ4v) is 4.13. The van der Waals surface area contributed by atoms with Gasteiger partial charge in [-0.05, 0) is 46.7 Å². The fraction of sp³-hybridized carbons (Fsp3) is 0.348. The van der Waals surface area contributed by atoms with Crippen molar-refractivity contribution in [3.63, 3.8) is 0 Å². The van der Waals surface area contributed by atoms with Crippen LogP contribution in [0.25, 0.3) is 10.6 Å². The molecular weight excluding hydrogens is 394 g/mol. The van der Waals surface area contributed by atoms with E-state index in [1.54, 1.807) is 11.3 Å². The van der Waals surface area contributed by atoms with E-state index < -0.39 is 0 Å². The summed E-state index contributed by atoms with van der Waals surface area (Å²) in [6.07, 6.45) is 0. The van der Waals surface area contributed by atoms with Gasteiger partial charge in [-0.1, -0.05) is 39.0 Å². The highest BCUT2D eigenvalue weighted by atomic mass is 32.1. The molecule has 0 spiro atoms. The van der Waals surface area contributed by atoms with Gasteiger partial charge in [-0.2, -0.15) is 0 Å². The third-order valence-corrected chi connectivity index (χ3v) is 6.21. The topological polar surface area (TPSA) is 61.4 Å². The molecule has 4 rings (SSSR count). The van der Waals surface area contributed by atoms with Crippen molar-refractivity contribution < 1.29 is 4.79 Å².